The van der Waals surface area contributed by atoms with Crippen LogP contribution in [0.2, 0.25) is 0 Å². The Hall–Kier alpha value is -1.14. The molecular weight excluding hydrogens is 216 g/mol. The molecule has 2 nitrogen and oxygen atoms in total. The summed E-state index contributed by atoms with van der Waals surface area (Å²) in [6.45, 7) is 3.03. The second kappa shape index (κ2) is 5.27. The molecule has 0 aromatic heterocycles. The maximum Gasteiger partial charge on any atom is 0.101 e. The van der Waals surface area contributed by atoms with Gasteiger partial charge in [-0.3, -0.25) is 0 Å². The molecule has 1 aromatic rings. The summed E-state index contributed by atoms with van der Waals surface area (Å²) in [6.07, 6.45) is 2.63. The highest BCUT2D eigenvalue weighted by Gasteiger charge is 2.15. The molecule has 1 saturated heterocycles. The van der Waals surface area contributed by atoms with Crippen LogP contribution in [-0.2, 0) is 0 Å². The van der Waals surface area contributed by atoms with Crippen LogP contribution in [0.3, 0.4) is 0 Å². The highest BCUT2D eigenvalue weighted by molar-refractivity contribution is 8.00. The van der Waals surface area contributed by atoms with Gasteiger partial charge in [-0.2, -0.15) is 17.0 Å². The number of thioether (sulfide) groups is 1. The number of nitrogens with zero attached hydrogens (tertiary/aromatic N) is 1. The van der Waals surface area contributed by atoms with E-state index in [1.165, 1.54) is 24.2 Å². The van der Waals surface area contributed by atoms with E-state index in [1.54, 1.807) is 0 Å². The van der Waals surface area contributed by atoms with Crippen molar-refractivity contribution in [3.8, 4) is 6.07 Å². The Bertz CT molecular complexity index is 403. The minimum absolute atomic E-state index is 0.715. The lowest BCUT2D eigenvalue weighted by molar-refractivity contribution is 0.805. The van der Waals surface area contributed by atoms with Crippen LogP contribution in [0.4, 0.5) is 5.69 Å². The third-order valence-corrected chi connectivity index (χ3v) is 4.24. The molecule has 2 rings (SSSR count). The Kier molecular flexibility index (Phi) is 3.74. The second-order valence-electron chi connectivity index (χ2n) is 4.18. The Morgan fingerprint density at radius 1 is 1.56 bits per heavy atom. The number of benzene rings is 1. The first-order valence-corrected chi connectivity index (χ1v) is 6.70. The Morgan fingerprint density at radius 2 is 2.44 bits per heavy atom. The van der Waals surface area contributed by atoms with Gasteiger partial charge in [-0.15, -0.1) is 0 Å². The van der Waals surface area contributed by atoms with Crippen LogP contribution in [0.25, 0.3) is 0 Å². The number of rotatable bonds is 3. The van der Waals surface area contributed by atoms with E-state index in [1.807, 2.05) is 23.9 Å². The maximum absolute atomic E-state index is 9.01. The number of anilines is 1. The summed E-state index contributed by atoms with van der Waals surface area (Å²) in [5.41, 5.74) is 2.92. The summed E-state index contributed by atoms with van der Waals surface area (Å²) in [6, 6.07) is 8.15. The average Bonchev–Trinajstić information content (AvgIpc) is 2.79. The predicted molar refractivity (Wildman–Crippen MR) is 69.9 cm³/mol. The van der Waals surface area contributed by atoms with Crippen molar-refractivity contribution < 1.29 is 0 Å². The third kappa shape index (κ3) is 2.70. The molecule has 0 radical (unpaired) electrons. The lowest BCUT2D eigenvalue weighted by Crippen LogP contribution is -2.14. The number of hydrogen-bond donors (Lipinski definition) is 1. The van der Waals surface area contributed by atoms with Crippen LogP contribution >= 0.6 is 11.8 Å². The van der Waals surface area contributed by atoms with E-state index in [9.17, 15) is 0 Å². The fourth-order valence-electron chi connectivity index (χ4n) is 1.93. The standard InChI is InChI=1S/C13H16N2S/c1-10-4-5-11(8-14)13(7-10)15-9-12-3-2-6-16-12/h4-5,7,12,15H,2-3,6,9H2,1H3. The molecule has 1 atom stereocenters. The molecule has 1 fully saturated rings. The van der Waals surface area contributed by atoms with Crippen LogP contribution in [0.15, 0.2) is 18.2 Å². The molecule has 0 saturated carbocycles. The number of nitriles is 1. The van der Waals surface area contributed by atoms with Crippen LogP contribution < -0.4 is 5.32 Å². The summed E-state index contributed by atoms with van der Waals surface area (Å²) in [5.74, 6) is 1.28. The van der Waals surface area contributed by atoms with Crippen molar-refractivity contribution in [3.63, 3.8) is 0 Å². The molecule has 1 aliphatic heterocycles. The molecule has 0 amide bonds. The molecule has 16 heavy (non-hydrogen) atoms. The van der Waals surface area contributed by atoms with Crippen molar-refractivity contribution >= 4 is 17.4 Å². The molecule has 0 bridgehead atoms. The third-order valence-electron chi connectivity index (χ3n) is 2.84. The zero-order valence-corrected chi connectivity index (χ0v) is 10.3. The zero-order chi connectivity index (χ0) is 11.4. The molecule has 1 heterocycles. The molecule has 0 aliphatic carbocycles. The summed E-state index contributed by atoms with van der Waals surface area (Å²) in [5, 5.41) is 13.1. The van der Waals surface area contributed by atoms with Gasteiger partial charge in [-0.05, 0) is 43.2 Å². The molecule has 1 N–H and O–H groups in total. The van der Waals surface area contributed by atoms with E-state index in [-0.39, 0.29) is 0 Å². The van der Waals surface area contributed by atoms with Gasteiger partial charge in [0.05, 0.1) is 11.3 Å². The highest BCUT2D eigenvalue weighted by atomic mass is 32.2. The van der Waals surface area contributed by atoms with E-state index < -0.39 is 0 Å². The average molecular weight is 232 g/mol. The van der Waals surface area contributed by atoms with E-state index in [0.29, 0.717) is 5.25 Å². The summed E-state index contributed by atoms with van der Waals surface area (Å²) in [4.78, 5) is 0. The molecule has 3 heteroatoms. The second-order valence-corrected chi connectivity index (χ2v) is 5.59. The van der Waals surface area contributed by atoms with E-state index in [0.717, 1.165) is 17.8 Å². The van der Waals surface area contributed by atoms with Gasteiger partial charge < -0.3 is 5.32 Å². The summed E-state index contributed by atoms with van der Waals surface area (Å²) < 4.78 is 0. The molecular formula is C13H16N2S. The van der Waals surface area contributed by atoms with E-state index in [2.05, 4.69) is 24.4 Å². The number of nitrogens with one attached hydrogen (secondary N) is 1. The van der Waals surface area contributed by atoms with E-state index >= 15 is 0 Å². The quantitative estimate of drug-likeness (QED) is 0.869. The number of hydrogen-bond acceptors (Lipinski definition) is 3. The Morgan fingerprint density at radius 3 is 3.12 bits per heavy atom. The van der Waals surface area contributed by atoms with Crippen molar-refractivity contribution in [1.29, 1.82) is 5.26 Å². The molecule has 1 unspecified atom stereocenters. The molecule has 1 aromatic carbocycles. The lowest BCUT2D eigenvalue weighted by Gasteiger charge is -2.12. The highest BCUT2D eigenvalue weighted by Crippen LogP contribution is 2.27. The van der Waals surface area contributed by atoms with Crippen molar-refractivity contribution in [2.45, 2.75) is 25.0 Å². The molecule has 0 spiro atoms. The van der Waals surface area contributed by atoms with Crippen molar-refractivity contribution in [2.75, 3.05) is 17.6 Å². The minimum Gasteiger partial charge on any atom is -0.383 e. The van der Waals surface area contributed by atoms with Crippen molar-refractivity contribution in [2.24, 2.45) is 0 Å². The smallest absolute Gasteiger partial charge is 0.101 e. The monoisotopic (exact) mass is 232 g/mol. The van der Waals surface area contributed by atoms with Crippen molar-refractivity contribution in [3.05, 3.63) is 29.3 Å². The first-order chi connectivity index (χ1) is 7.79. The van der Waals surface area contributed by atoms with Gasteiger partial charge in [0, 0.05) is 11.8 Å². The minimum atomic E-state index is 0.715. The fraction of sp³-hybridized carbons (Fsp3) is 0.462. The summed E-state index contributed by atoms with van der Waals surface area (Å²) >= 11 is 2.03. The predicted octanol–water partition coefficient (Wildman–Crippen LogP) is 3.17. The van der Waals surface area contributed by atoms with Gasteiger partial charge in [0.15, 0.2) is 0 Å². The summed E-state index contributed by atoms with van der Waals surface area (Å²) in [7, 11) is 0. The normalized spacial score (nSPS) is 19.4. The number of aryl methyl sites for hydroxylation is 1. The fourth-order valence-corrected chi connectivity index (χ4v) is 3.13. The Balaban J connectivity index is 2.02. The van der Waals surface area contributed by atoms with Crippen molar-refractivity contribution in [1.82, 2.24) is 0 Å². The Labute approximate surface area is 101 Å². The largest absolute Gasteiger partial charge is 0.383 e. The molecule has 1 aliphatic rings. The van der Waals surface area contributed by atoms with Gasteiger partial charge in [-0.25, -0.2) is 0 Å². The van der Waals surface area contributed by atoms with Crippen LogP contribution in [-0.4, -0.2) is 17.5 Å². The van der Waals surface area contributed by atoms with Gasteiger partial charge >= 0.3 is 0 Å². The molecule has 84 valence electrons. The van der Waals surface area contributed by atoms with Crippen LogP contribution in [0.1, 0.15) is 24.0 Å². The zero-order valence-electron chi connectivity index (χ0n) is 9.49. The first-order valence-electron chi connectivity index (χ1n) is 5.66. The maximum atomic E-state index is 9.01. The SMILES string of the molecule is Cc1ccc(C#N)c(NCC2CCCS2)c1. The van der Waals surface area contributed by atoms with Gasteiger partial charge in [0.1, 0.15) is 6.07 Å². The first kappa shape index (κ1) is 11.3. The van der Waals surface area contributed by atoms with Crippen LogP contribution in [0, 0.1) is 18.3 Å². The van der Waals surface area contributed by atoms with Gasteiger partial charge in [0.2, 0.25) is 0 Å². The van der Waals surface area contributed by atoms with E-state index in [4.69, 9.17) is 5.26 Å². The topological polar surface area (TPSA) is 35.8 Å². The van der Waals surface area contributed by atoms with Gasteiger partial charge in [-0.1, -0.05) is 6.07 Å². The van der Waals surface area contributed by atoms with Crippen LogP contribution in [0.5, 0.6) is 0 Å². The lowest BCUT2D eigenvalue weighted by atomic mass is 10.1. The van der Waals surface area contributed by atoms with Gasteiger partial charge in [0.25, 0.3) is 0 Å².